The van der Waals surface area contributed by atoms with Gasteiger partial charge < -0.3 is 9.84 Å². The van der Waals surface area contributed by atoms with Gasteiger partial charge >= 0.3 is 5.97 Å². The van der Waals surface area contributed by atoms with Crippen molar-refractivity contribution in [3.05, 3.63) is 47.5 Å². The molecule has 0 radical (unpaired) electrons. The molecule has 0 unspecified atom stereocenters. The van der Waals surface area contributed by atoms with Crippen LogP contribution in [-0.4, -0.2) is 21.0 Å². The first-order valence-corrected chi connectivity index (χ1v) is 5.48. The van der Waals surface area contributed by atoms with E-state index >= 15 is 0 Å². The summed E-state index contributed by atoms with van der Waals surface area (Å²) < 4.78 is 5.46. The number of hydrogen-bond donors (Lipinski definition) is 1. The summed E-state index contributed by atoms with van der Waals surface area (Å²) in [4.78, 5) is 18.2. The molecule has 1 aromatic heterocycles. The van der Waals surface area contributed by atoms with Gasteiger partial charge in [0.05, 0.1) is 17.4 Å². The molecule has 2 aromatic rings. The lowest BCUT2D eigenvalue weighted by Gasteiger charge is -2.06. The number of carboxylic acid groups (broad SMARTS) is 1. The zero-order chi connectivity index (χ0) is 13.0. The van der Waals surface area contributed by atoms with Crippen LogP contribution in [0.4, 0.5) is 0 Å². The average molecular weight is 265 g/mol. The largest absolute Gasteiger partial charge is 0.481 e. The van der Waals surface area contributed by atoms with Gasteiger partial charge in [-0.05, 0) is 12.1 Å². The lowest BCUT2D eigenvalue weighted by molar-refractivity contribution is -0.136. The summed E-state index contributed by atoms with van der Waals surface area (Å²) in [7, 11) is 0. The minimum absolute atomic E-state index is 0.216. The molecule has 92 valence electrons. The van der Waals surface area contributed by atoms with Crippen LogP contribution < -0.4 is 4.74 Å². The molecule has 0 atom stereocenters. The van der Waals surface area contributed by atoms with Gasteiger partial charge in [0, 0.05) is 0 Å². The molecular formula is C12H9ClN2O3. The smallest absolute Gasteiger partial charge is 0.311 e. The fourth-order valence-electron chi connectivity index (χ4n) is 1.28. The van der Waals surface area contributed by atoms with Crippen molar-refractivity contribution in [2.75, 3.05) is 0 Å². The number of benzene rings is 1. The Kier molecular flexibility index (Phi) is 3.74. The second kappa shape index (κ2) is 5.46. The molecular weight excluding hydrogens is 256 g/mol. The highest BCUT2D eigenvalue weighted by Gasteiger charge is 2.05. The SMILES string of the molecule is O=C(O)Cc1ncc(Oc2ccccc2Cl)cn1. The number of para-hydroxylation sites is 1. The number of aliphatic carboxylic acids is 1. The first-order chi connectivity index (χ1) is 8.65. The second-order valence-corrected chi connectivity index (χ2v) is 3.85. The molecule has 1 N–H and O–H groups in total. The molecule has 0 bridgehead atoms. The Bertz CT molecular complexity index is 558. The molecule has 5 nitrogen and oxygen atoms in total. The summed E-state index contributed by atoms with van der Waals surface area (Å²) in [6.07, 6.45) is 2.61. The van der Waals surface area contributed by atoms with E-state index in [1.165, 1.54) is 12.4 Å². The van der Waals surface area contributed by atoms with Crippen molar-refractivity contribution < 1.29 is 14.6 Å². The lowest BCUT2D eigenvalue weighted by atomic mass is 10.3. The predicted octanol–water partition coefficient (Wildman–Crippen LogP) is 2.55. The molecule has 0 saturated heterocycles. The maximum Gasteiger partial charge on any atom is 0.311 e. The maximum absolute atomic E-state index is 10.5. The van der Waals surface area contributed by atoms with Crippen molar-refractivity contribution in [2.24, 2.45) is 0 Å². The van der Waals surface area contributed by atoms with E-state index in [0.717, 1.165) is 0 Å². The molecule has 1 aromatic carbocycles. The van der Waals surface area contributed by atoms with Gasteiger partial charge in [-0.1, -0.05) is 23.7 Å². The van der Waals surface area contributed by atoms with Gasteiger partial charge in [0.25, 0.3) is 0 Å². The number of carbonyl (C=O) groups is 1. The third-order valence-electron chi connectivity index (χ3n) is 2.06. The van der Waals surface area contributed by atoms with E-state index in [0.29, 0.717) is 16.5 Å². The molecule has 0 fully saturated rings. The summed E-state index contributed by atoms with van der Waals surface area (Å²) in [5.41, 5.74) is 0. The van der Waals surface area contributed by atoms with Gasteiger partial charge in [-0.2, -0.15) is 0 Å². The van der Waals surface area contributed by atoms with E-state index < -0.39 is 5.97 Å². The van der Waals surface area contributed by atoms with E-state index in [-0.39, 0.29) is 12.2 Å². The van der Waals surface area contributed by atoms with Gasteiger partial charge in [-0.15, -0.1) is 0 Å². The number of halogens is 1. The molecule has 0 amide bonds. The normalized spacial score (nSPS) is 10.1. The molecule has 0 aliphatic heterocycles. The van der Waals surface area contributed by atoms with Crippen molar-refractivity contribution in [1.82, 2.24) is 9.97 Å². The summed E-state index contributed by atoms with van der Waals surface area (Å²) in [6, 6.07) is 7.01. The fraction of sp³-hybridized carbons (Fsp3) is 0.0833. The summed E-state index contributed by atoms with van der Waals surface area (Å²) >= 11 is 5.93. The standard InChI is InChI=1S/C12H9ClN2O3/c13-9-3-1-2-4-10(9)18-8-6-14-11(15-7-8)5-12(16)17/h1-4,6-7H,5H2,(H,16,17). The highest BCUT2D eigenvalue weighted by Crippen LogP contribution is 2.27. The number of hydrogen-bond acceptors (Lipinski definition) is 4. The van der Waals surface area contributed by atoms with E-state index in [1.54, 1.807) is 24.3 Å². The van der Waals surface area contributed by atoms with Crippen LogP contribution in [0.15, 0.2) is 36.7 Å². The Morgan fingerprint density at radius 2 is 1.94 bits per heavy atom. The Balaban J connectivity index is 2.11. The zero-order valence-electron chi connectivity index (χ0n) is 9.21. The molecule has 6 heteroatoms. The van der Waals surface area contributed by atoms with Crippen molar-refractivity contribution in [2.45, 2.75) is 6.42 Å². The second-order valence-electron chi connectivity index (χ2n) is 3.44. The fourth-order valence-corrected chi connectivity index (χ4v) is 1.45. The van der Waals surface area contributed by atoms with Crippen LogP contribution in [0.2, 0.25) is 5.02 Å². The van der Waals surface area contributed by atoms with Crippen LogP contribution in [0.25, 0.3) is 0 Å². The third-order valence-corrected chi connectivity index (χ3v) is 2.37. The monoisotopic (exact) mass is 264 g/mol. The van der Waals surface area contributed by atoms with Crippen LogP contribution in [0, 0.1) is 0 Å². The minimum Gasteiger partial charge on any atom is -0.481 e. The summed E-state index contributed by atoms with van der Waals surface area (Å²) in [5.74, 6) is 0.148. The van der Waals surface area contributed by atoms with E-state index in [1.807, 2.05) is 0 Å². The molecule has 18 heavy (non-hydrogen) atoms. The van der Waals surface area contributed by atoms with Crippen molar-refractivity contribution in [3.8, 4) is 11.5 Å². The quantitative estimate of drug-likeness (QED) is 0.919. The number of carboxylic acids is 1. The van der Waals surface area contributed by atoms with Crippen LogP contribution in [0.3, 0.4) is 0 Å². The Labute approximate surface area is 108 Å². The Morgan fingerprint density at radius 1 is 1.28 bits per heavy atom. The molecule has 1 heterocycles. The maximum atomic E-state index is 10.5. The summed E-state index contributed by atoms with van der Waals surface area (Å²) in [5, 5.41) is 9.06. The van der Waals surface area contributed by atoms with Gasteiger partial charge in [-0.25, -0.2) is 9.97 Å². The van der Waals surface area contributed by atoms with E-state index in [9.17, 15) is 4.79 Å². The lowest BCUT2D eigenvalue weighted by Crippen LogP contribution is -2.04. The first-order valence-electron chi connectivity index (χ1n) is 5.10. The van der Waals surface area contributed by atoms with E-state index in [2.05, 4.69) is 9.97 Å². The van der Waals surface area contributed by atoms with Crippen molar-refractivity contribution >= 4 is 17.6 Å². The van der Waals surface area contributed by atoms with Crippen LogP contribution in [-0.2, 0) is 11.2 Å². The van der Waals surface area contributed by atoms with E-state index in [4.69, 9.17) is 21.4 Å². The summed E-state index contributed by atoms with van der Waals surface area (Å²) in [6.45, 7) is 0. The Hall–Kier alpha value is -2.14. The van der Waals surface area contributed by atoms with Gasteiger partial charge in [-0.3, -0.25) is 4.79 Å². The highest BCUT2D eigenvalue weighted by atomic mass is 35.5. The van der Waals surface area contributed by atoms with Gasteiger partial charge in [0.2, 0.25) is 0 Å². The van der Waals surface area contributed by atoms with Crippen molar-refractivity contribution in [1.29, 1.82) is 0 Å². The highest BCUT2D eigenvalue weighted by molar-refractivity contribution is 6.32. The number of nitrogens with zero attached hydrogens (tertiary/aromatic N) is 2. The molecule has 0 spiro atoms. The van der Waals surface area contributed by atoms with Gasteiger partial charge in [0.1, 0.15) is 18.0 Å². The van der Waals surface area contributed by atoms with Gasteiger partial charge in [0.15, 0.2) is 5.75 Å². The zero-order valence-corrected chi connectivity index (χ0v) is 9.96. The topological polar surface area (TPSA) is 72.3 Å². The third kappa shape index (κ3) is 3.18. The van der Waals surface area contributed by atoms with Crippen LogP contribution >= 0.6 is 11.6 Å². The molecule has 0 aliphatic rings. The first kappa shape index (κ1) is 12.3. The van der Waals surface area contributed by atoms with Crippen molar-refractivity contribution in [3.63, 3.8) is 0 Å². The molecule has 2 rings (SSSR count). The van der Waals surface area contributed by atoms with Crippen LogP contribution in [0.1, 0.15) is 5.82 Å². The Morgan fingerprint density at radius 3 is 2.56 bits per heavy atom. The average Bonchev–Trinajstić information content (AvgIpc) is 2.34. The number of aromatic nitrogens is 2. The number of rotatable bonds is 4. The van der Waals surface area contributed by atoms with Crippen LogP contribution in [0.5, 0.6) is 11.5 Å². The number of ether oxygens (including phenoxy) is 1. The molecule has 0 aliphatic carbocycles. The minimum atomic E-state index is -0.977. The molecule has 0 saturated carbocycles. The predicted molar refractivity (Wildman–Crippen MR) is 64.9 cm³/mol.